The summed E-state index contributed by atoms with van der Waals surface area (Å²) < 4.78 is 16.4. The molecule has 2 unspecified atom stereocenters. The largest absolute Gasteiger partial charge is 0.508 e. The molecule has 4 aromatic rings. The summed E-state index contributed by atoms with van der Waals surface area (Å²) in [5.41, 5.74) is 4.26. The minimum absolute atomic E-state index is 0.132. The Morgan fingerprint density at radius 2 is 0.979 bits per heavy atom. The van der Waals surface area contributed by atoms with Gasteiger partial charge in [-0.1, -0.05) is 76.2 Å². The van der Waals surface area contributed by atoms with Gasteiger partial charge < -0.3 is 34.6 Å². The van der Waals surface area contributed by atoms with Gasteiger partial charge in [0.15, 0.2) is 0 Å². The Labute approximate surface area is 281 Å². The van der Waals surface area contributed by atoms with Crippen molar-refractivity contribution in [2.75, 3.05) is 13.2 Å². The Hall–Kier alpha value is -4.79. The van der Waals surface area contributed by atoms with Gasteiger partial charge in [-0.15, -0.1) is 0 Å². The quantitative estimate of drug-likeness (QED) is 0.0696. The number of benzene rings is 4. The van der Waals surface area contributed by atoms with Crippen LogP contribution in [0.5, 0.6) is 23.0 Å². The Kier molecular flexibility index (Phi) is 10.5. The molecule has 8 nitrogen and oxygen atoms in total. The molecule has 2 saturated heterocycles. The lowest BCUT2D eigenvalue weighted by Gasteiger charge is -2.26. The maximum absolute atomic E-state index is 11.9. The lowest BCUT2D eigenvalue weighted by molar-refractivity contribution is -0.133. The van der Waals surface area contributed by atoms with Crippen molar-refractivity contribution in [3.63, 3.8) is 0 Å². The van der Waals surface area contributed by atoms with Crippen molar-refractivity contribution >= 4 is 5.97 Å². The first-order valence-corrected chi connectivity index (χ1v) is 16.1. The highest BCUT2D eigenvalue weighted by molar-refractivity contribution is 5.87. The molecule has 2 aliphatic rings. The Morgan fingerprint density at radius 1 is 0.667 bits per heavy atom. The first kappa shape index (κ1) is 34.5. The minimum atomic E-state index is -0.976. The standard InChI is InChI=1S/C25H28O6.C15H16O2/c1-25(2,17-3-7-19(26)8-4-17)18-5-9-20(10-6-18)31-15-23(24(27)28)16(11-21-13-29-21)12-22-14-30-22;1-15(2,11-3-7-13(16)8-4-11)12-5-9-14(17)10-6-12/h3-10,15-16,21-22,26H,11-14H2,1-2H3,(H,27,28);3-10,16-17H,1-2H3. The molecule has 0 spiro atoms. The number of hydrogen-bond donors (Lipinski definition) is 4. The Morgan fingerprint density at radius 3 is 1.27 bits per heavy atom. The molecule has 8 heteroatoms. The van der Waals surface area contributed by atoms with Gasteiger partial charge in [-0.05, 0) is 89.5 Å². The van der Waals surface area contributed by atoms with Crippen LogP contribution in [0.1, 0.15) is 62.8 Å². The van der Waals surface area contributed by atoms with Crippen LogP contribution in [0.3, 0.4) is 0 Å². The van der Waals surface area contributed by atoms with Crippen molar-refractivity contribution in [2.24, 2.45) is 5.92 Å². The van der Waals surface area contributed by atoms with Gasteiger partial charge in [0.2, 0.25) is 0 Å². The van der Waals surface area contributed by atoms with Crippen LogP contribution in [0, 0.1) is 5.92 Å². The van der Waals surface area contributed by atoms with E-state index in [1.54, 1.807) is 36.4 Å². The van der Waals surface area contributed by atoms with Gasteiger partial charge in [0, 0.05) is 10.8 Å². The number of carboxylic acids is 1. The van der Waals surface area contributed by atoms with Gasteiger partial charge in [-0.3, -0.25) is 0 Å². The number of epoxide rings is 2. The molecule has 48 heavy (non-hydrogen) atoms. The average Bonchev–Trinajstić information content (AvgIpc) is 4.00. The number of rotatable bonds is 12. The molecule has 0 aromatic heterocycles. The second kappa shape index (κ2) is 14.5. The summed E-state index contributed by atoms with van der Waals surface area (Å²) in [7, 11) is 0. The van der Waals surface area contributed by atoms with Crippen LogP contribution in [-0.2, 0) is 25.1 Å². The second-order valence-electron chi connectivity index (χ2n) is 13.5. The number of phenolic OH excluding ortho intramolecular Hbond substituents is 3. The van der Waals surface area contributed by atoms with Crippen LogP contribution in [0.15, 0.2) is 109 Å². The van der Waals surface area contributed by atoms with E-state index in [4.69, 9.17) is 14.2 Å². The third kappa shape index (κ3) is 8.97. The average molecular weight is 653 g/mol. The van der Waals surface area contributed by atoms with Crippen molar-refractivity contribution in [1.82, 2.24) is 0 Å². The number of ether oxygens (including phenoxy) is 3. The fourth-order valence-corrected chi connectivity index (χ4v) is 5.76. The molecule has 2 atom stereocenters. The molecule has 252 valence electrons. The zero-order valence-corrected chi connectivity index (χ0v) is 27.8. The van der Waals surface area contributed by atoms with Gasteiger partial charge in [0.05, 0.1) is 31.0 Å². The van der Waals surface area contributed by atoms with E-state index in [2.05, 4.69) is 27.7 Å². The normalized spacial score (nSPS) is 17.9. The van der Waals surface area contributed by atoms with Crippen molar-refractivity contribution < 1.29 is 39.4 Å². The second-order valence-corrected chi connectivity index (χ2v) is 13.5. The zero-order chi connectivity index (χ0) is 34.5. The van der Waals surface area contributed by atoms with E-state index in [0.717, 1.165) is 22.3 Å². The summed E-state index contributed by atoms with van der Waals surface area (Å²) in [4.78, 5) is 11.9. The number of aliphatic carboxylic acids is 1. The number of hydrogen-bond acceptors (Lipinski definition) is 7. The molecule has 0 bridgehead atoms. The molecule has 2 heterocycles. The van der Waals surface area contributed by atoms with E-state index < -0.39 is 5.97 Å². The molecule has 2 aliphatic heterocycles. The highest BCUT2D eigenvalue weighted by Gasteiger charge is 2.36. The highest BCUT2D eigenvalue weighted by Crippen LogP contribution is 2.35. The monoisotopic (exact) mass is 652 g/mol. The molecule has 2 fully saturated rings. The predicted octanol–water partition coefficient (Wildman–Crippen LogP) is 7.68. The lowest BCUT2D eigenvalue weighted by Crippen LogP contribution is -2.18. The summed E-state index contributed by atoms with van der Waals surface area (Å²) in [6.45, 7) is 9.84. The van der Waals surface area contributed by atoms with Crippen LogP contribution in [0.4, 0.5) is 0 Å². The van der Waals surface area contributed by atoms with Crippen LogP contribution in [-0.4, -0.2) is 51.8 Å². The molecular weight excluding hydrogens is 608 g/mol. The molecule has 4 aromatic carbocycles. The number of phenols is 3. The van der Waals surface area contributed by atoms with Gasteiger partial charge in [-0.2, -0.15) is 0 Å². The van der Waals surface area contributed by atoms with Crippen molar-refractivity contribution in [2.45, 2.75) is 63.6 Å². The zero-order valence-electron chi connectivity index (χ0n) is 27.8. The summed E-state index contributed by atoms with van der Waals surface area (Å²) in [5, 5.41) is 37.9. The van der Waals surface area contributed by atoms with Crippen molar-refractivity contribution in [3.8, 4) is 23.0 Å². The van der Waals surface area contributed by atoms with E-state index >= 15 is 0 Å². The number of aromatic hydroxyl groups is 3. The van der Waals surface area contributed by atoms with Gasteiger partial charge in [-0.25, -0.2) is 4.79 Å². The van der Waals surface area contributed by atoms with Crippen LogP contribution < -0.4 is 4.74 Å². The minimum Gasteiger partial charge on any atom is -0.508 e. The molecule has 0 saturated carbocycles. The highest BCUT2D eigenvalue weighted by atomic mass is 16.6. The Bertz CT molecular complexity index is 1620. The van der Waals surface area contributed by atoms with E-state index in [1.165, 1.54) is 6.26 Å². The predicted molar refractivity (Wildman–Crippen MR) is 184 cm³/mol. The smallest absolute Gasteiger partial charge is 0.334 e. The molecule has 0 aliphatic carbocycles. The topological polar surface area (TPSA) is 132 Å². The van der Waals surface area contributed by atoms with E-state index in [9.17, 15) is 25.2 Å². The van der Waals surface area contributed by atoms with E-state index in [1.807, 2.05) is 60.7 Å². The Balaban J connectivity index is 0.000000224. The maximum Gasteiger partial charge on any atom is 0.334 e. The van der Waals surface area contributed by atoms with Crippen molar-refractivity contribution in [3.05, 3.63) is 131 Å². The fourth-order valence-electron chi connectivity index (χ4n) is 5.76. The van der Waals surface area contributed by atoms with Gasteiger partial charge >= 0.3 is 5.97 Å². The number of carbonyl (C=O) groups is 1. The lowest BCUT2D eigenvalue weighted by atomic mass is 9.78. The summed E-state index contributed by atoms with van der Waals surface area (Å²) in [6, 6.07) is 29.3. The van der Waals surface area contributed by atoms with Crippen LogP contribution >= 0.6 is 0 Å². The van der Waals surface area contributed by atoms with E-state index in [-0.39, 0.29) is 51.8 Å². The van der Waals surface area contributed by atoms with Crippen molar-refractivity contribution in [1.29, 1.82) is 0 Å². The first-order chi connectivity index (χ1) is 22.8. The summed E-state index contributed by atoms with van der Waals surface area (Å²) in [6.07, 6.45) is 2.96. The van der Waals surface area contributed by atoms with Gasteiger partial charge in [0.25, 0.3) is 0 Å². The summed E-state index contributed by atoms with van der Waals surface area (Å²) in [5.74, 6) is 0.226. The van der Waals surface area contributed by atoms with E-state index in [0.29, 0.717) is 31.8 Å². The molecule has 0 amide bonds. The SMILES string of the molecule is CC(C)(c1ccc(O)cc1)c1ccc(O)cc1.CC(C)(c1ccc(O)cc1)c1ccc(OC=C(C(=O)O)C(CC2CO2)CC2CO2)cc1. The third-order valence-corrected chi connectivity index (χ3v) is 9.25. The fraction of sp³-hybridized carbons (Fsp3) is 0.325. The molecule has 6 rings (SSSR count). The molecular formula is C40H44O8. The summed E-state index contributed by atoms with van der Waals surface area (Å²) >= 11 is 0. The van der Waals surface area contributed by atoms with Gasteiger partial charge in [0.1, 0.15) is 29.3 Å². The maximum atomic E-state index is 11.9. The number of carboxylic acid groups (broad SMARTS) is 1. The molecule has 0 radical (unpaired) electrons. The first-order valence-electron chi connectivity index (χ1n) is 16.1. The van der Waals surface area contributed by atoms with Crippen LogP contribution in [0.2, 0.25) is 0 Å². The molecule has 4 N–H and O–H groups in total. The van der Waals surface area contributed by atoms with Crippen LogP contribution in [0.25, 0.3) is 0 Å². The third-order valence-electron chi connectivity index (χ3n) is 9.25.